The number of likely N-dealkylation sites (tertiary alicyclic amines) is 1. The Morgan fingerprint density at radius 3 is 2.35 bits per heavy atom. The van der Waals surface area contributed by atoms with Gasteiger partial charge in [0.05, 0.1) is 0 Å². The van der Waals surface area contributed by atoms with E-state index in [1.54, 1.807) is 0 Å². The molecule has 0 bridgehead atoms. The second kappa shape index (κ2) is 5.68. The molecule has 0 atom stereocenters. The van der Waals surface area contributed by atoms with Crippen molar-refractivity contribution < 1.29 is 0 Å². The molecule has 1 saturated heterocycles. The van der Waals surface area contributed by atoms with E-state index in [0.29, 0.717) is 5.54 Å². The summed E-state index contributed by atoms with van der Waals surface area (Å²) in [6.45, 7) is 6.84. The third kappa shape index (κ3) is 2.67. The van der Waals surface area contributed by atoms with Crippen molar-refractivity contribution in [3.05, 3.63) is 0 Å². The largest absolute Gasteiger partial charge is 0.329 e. The van der Waals surface area contributed by atoms with Crippen LogP contribution in [0.2, 0.25) is 0 Å². The molecule has 17 heavy (non-hydrogen) atoms. The first-order valence-corrected chi connectivity index (χ1v) is 7.37. The SMILES string of the molecule is CCCN1CCC(CN)(N(C)C2CCC2)CC1. The third-order valence-electron chi connectivity index (χ3n) is 5.08. The Kier molecular flexibility index (Phi) is 4.45. The zero-order valence-corrected chi connectivity index (χ0v) is 11.6. The molecule has 2 aliphatic rings. The molecule has 1 heterocycles. The summed E-state index contributed by atoms with van der Waals surface area (Å²) in [5, 5.41) is 0. The average molecular weight is 239 g/mol. The first-order chi connectivity index (χ1) is 8.22. The maximum Gasteiger partial charge on any atom is 0.0355 e. The van der Waals surface area contributed by atoms with E-state index in [2.05, 4.69) is 23.8 Å². The predicted octanol–water partition coefficient (Wildman–Crippen LogP) is 1.67. The molecule has 0 unspecified atom stereocenters. The van der Waals surface area contributed by atoms with Gasteiger partial charge in [-0.1, -0.05) is 13.3 Å². The molecular weight excluding hydrogens is 210 g/mol. The van der Waals surface area contributed by atoms with E-state index in [1.807, 2.05) is 0 Å². The van der Waals surface area contributed by atoms with Gasteiger partial charge in [0, 0.05) is 18.1 Å². The monoisotopic (exact) mass is 239 g/mol. The Morgan fingerprint density at radius 1 is 1.29 bits per heavy atom. The summed E-state index contributed by atoms with van der Waals surface area (Å²) in [5.74, 6) is 0. The highest BCUT2D eigenvalue weighted by Gasteiger charge is 2.40. The van der Waals surface area contributed by atoms with Crippen molar-refractivity contribution in [1.29, 1.82) is 0 Å². The fourth-order valence-electron chi connectivity index (χ4n) is 3.37. The molecule has 1 aliphatic heterocycles. The minimum absolute atomic E-state index is 0.301. The van der Waals surface area contributed by atoms with Crippen LogP contribution in [0, 0.1) is 0 Å². The van der Waals surface area contributed by atoms with Crippen LogP contribution in [0.1, 0.15) is 45.4 Å². The molecule has 0 radical (unpaired) electrons. The summed E-state index contributed by atoms with van der Waals surface area (Å²) >= 11 is 0. The van der Waals surface area contributed by atoms with Gasteiger partial charge in [0.2, 0.25) is 0 Å². The first kappa shape index (κ1) is 13.3. The lowest BCUT2D eigenvalue weighted by Crippen LogP contribution is -2.61. The lowest BCUT2D eigenvalue weighted by atomic mass is 9.81. The Hall–Kier alpha value is -0.120. The van der Waals surface area contributed by atoms with Gasteiger partial charge in [-0.25, -0.2) is 0 Å². The van der Waals surface area contributed by atoms with Gasteiger partial charge in [0.25, 0.3) is 0 Å². The first-order valence-electron chi connectivity index (χ1n) is 7.37. The highest BCUT2D eigenvalue weighted by Crippen LogP contribution is 2.34. The van der Waals surface area contributed by atoms with Crippen LogP contribution < -0.4 is 5.73 Å². The zero-order valence-electron chi connectivity index (χ0n) is 11.6. The molecule has 1 saturated carbocycles. The van der Waals surface area contributed by atoms with Crippen molar-refractivity contribution in [2.45, 2.75) is 57.0 Å². The fraction of sp³-hybridized carbons (Fsp3) is 1.00. The minimum atomic E-state index is 0.301. The predicted molar refractivity (Wildman–Crippen MR) is 73.2 cm³/mol. The zero-order chi connectivity index (χ0) is 12.3. The minimum Gasteiger partial charge on any atom is -0.329 e. The van der Waals surface area contributed by atoms with Crippen LogP contribution in [0.3, 0.4) is 0 Å². The van der Waals surface area contributed by atoms with E-state index >= 15 is 0 Å². The van der Waals surface area contributed by atoms with Crippen LogP contribution in [-0.4, -0.2) is 54.6 Å². The smallest absolute Gasteiger partial charge is 0.0355 e. The second-order valence-corrected chi connectivity index (χ2v) is 5.97. The van der Waals surface area contributed by atoms with Crippen molar-refractivity contribution in [2.24, 2.45) is 5.73 Å². The van der Waals surface area contributed by atoms with Crippen LogP contribution in [0.25, 0.3) is 0 Å². The van der Waals surface area contributed by atoms with Crippen molar-refractivity contribution >= 4 is 0 Å². The van der Waals surface area contributed by atoms with Crippen LogP contribution in [0.15, 0.2) is 0 Å². The maximum atomic E-state index is 6.11. The van der Waals surface area contributed by atoms with E-state index in [1.165, 1.54) is 58.2 Å². The molecule has 0 spiro atoms. The molecule has 2 fully saturated rings. The summed E-state index contributed by atoms with van der Waals surface area (Å²) in [4.78, 5) is 5.22. The molecule has 3 nitrogen and oxygen atoms in total. The van der Waals surface area contributed by atoms with Gasteiger partial charge in [-0.2, -0.15) is 0 Å². The number of rotatable bonds is 5. The highest BCUT2D eigenvalue weighted by atomic mass is 15.3. The van der Waals surface area contributed by atoms with E-state index < -0.39 is 0 Å². The molecule has 100 valence electrons. The quantitative estimate of drug-likeness (QED) is 0.792. The summed E-state index contributed by atoms with van der Waals surface area (Å²) in [6, 6.07) is 0.816. The van der Waals surface area contributed by atoms with Crippen molar-refractivity contribution in [2.75, 3.05) is 33.2 Å². The number of hydrogen-bond acceptors (Lipinski definition) is 3. The number of hydrogen-bond donors (Lipinski definition) is 1. The lowest BCUT2D eigenvalue weighted by molar-refractivity contribution is -0.00702. The number of piperidine rings is 1. The summed E-state index contributed by atoms with van der Waals surface area (Å²) in [6.07, 6.45) is 7.98. The molecule has 0 aromatic carbocycles. The number of likely N-dealkylation sites (N-methyl/N-ethyl adjacent to an activating group) is 1. The van der Waals surface area contributed by atoms with E-state index in [0.717, 1.165) is 12.6 Å². The molecular formula is C14H29N3. The highest BCUT2D eigenvalue weighted by molar-refractivity contribution is 4.98. The lowest BCUT2D eigenvalue weighted by Gasteiger charge is -2.52. The Labute approximate surface area is 106 Å². The van der Waals surface area contributed by atoms with Gasteiger partial charge in [-0.05, 0) is 58.8 Å². The summed E-state index contributed by atoms with van der Waals surface area (Å²) in [5.41, 5.74) is 6.42. The molecule has 0 aromatic heterocycles. The van der Waals surface area contributed by atoms with Gasteiger partial charge in [0.1, 0.15) is 0 Å². The van der Waals surface area contributed by atoms with E-state index in [-0.39, 0.29) is 0 Å². The van der Waals surface area contributed by atoms with Crippen LogP contribution in [0.4, 0.5) is 0 Å². The summed E-state index contributed by atoms with van der Waals surface area (Å²) < 4.78 is 0. The molecule has 3 heteroatoms. The number of nitrogens with two attached hydrogens (primary N) is 1. The Bertz CT molecular complexity index is 230. The van der Waals surface area contributed by atoms with Gasteiger partial charge in [0.15, 0.2) is 0 Å². The van der Waals surface area contributed by atoms with Gasteiger partial charge < -0.3 is 10.6 Å². The second-order valence-electron chi connectivity index (χ2n) is 5.97. The van der Waals surface area contributed by atoms with Gasteiger partial charge in [-0.15, -0.1) is 0 Å². The standard InChI is InChI=1S/C14H29N3/c1-3-9-17-10-7-14(12-15,8-11-17)16(2)13-5-4-6-13/h13H,3-12,15H2,1-2H3. The average Bonchev–Trinajstić information content (AvgIpc) is 2.28. The van der Waals surface area contributed by atoms with E-state index in [4.69, 9.17) is 5.73 Å². The third-order valence-corrected chi connectivity index (χ3v) is 5.08. The molecule has 1 aliphatic carbocycles. The maximum absolute atomic E-state index is 6.11. The fourth-order valence-corrected chi connectivity index (χ4v) is 3.37. The van der Waals surface area contributed by atoms with Crippen LogP contribution in [-0.2, 0) is 0 Å². The molecule has 0 aromatic rings. The Morgan fingerprint density at radius 2 is 1.94 bits per heavy atom. The van der Waals surface area contributed by atoms with Crippen molar-refractivity contribution in [1.82, 2.24) is 9.80 Å². The van der Waals surface area contributed by atoms with E-state index in [9.17, 15) is 0 Å². The number of nitrogens with zero attached hydrogens (tertiary/aromatic N) is 2. The molecule has 2 rings (SSSR count). The topological polar surface area (TPSA) is 32.5 Å². The molecule has 2 N–H and O–H groups in total. The van der Waals surface area contributed by atoms with Gasteiger partial charge >= 0.3 is 0 Å². The van der Waals surface area contributed by atoms with Crippen molar-refractivity contribution in [3.63, 3.8) is 0 Å². The van der Waals surface area contributed by atoms with Gasteiger partial charge in [-0.3, -0.25) is 4.90 Å². The Balaban J connectivity index is 1.92. The molecule has 0 amide bonds. The summed E-state index contributed by atoms with van der Waals surface area (Å²) in [7, 11) is 2.31. The van der Waals surface area contributed by atoms with Crippen LogP contribution in [0.5, 0.6) is 0 Å². The van der Waals surface area contributed by atoms with Crippen LogP contribution >= 0.6 is 0 Å². The normalized spacial score (nSPS) is 26.1. The van der Waals surface area contributed by atoms with Crippen molar-refractivity contribution in [3.8, 4) is 0 Å².